The Labute approximate surface area is 208 Å². The standard InChI is InChI=1S/C20H25ClF2N4O5S.C2H6/c1-3-27-18(14-11-26(29)9-8-15(14)32-20(22)23)16(21)17(25-27)19(28)24-10-12-4-6-13(7-5-12)33(2,30)31;1-2/h8-9,11-13,20H,3-7,10H2,1-2H3,(H-,24,28,29);1-2H3/p+1. The summed E-state index contributed by atoms with van der Waals surface area (Å²) in [6, 6.07) is 1.15. The van der Waals surface area contributed by atoms with Crippen molar-refractivity contribution in [3.8, 4) is 17.0 Å². The number of ether oxygens (including phenoxy) is 1. The summed E-state index contributed by atoms with van der Waals surface area (Å²) >= 11 is 6.44. The Bertz CT molecular complexity index is 1120. The highest BCUT2D eigenvalue weighted by Crippen LogP contribution is 2.36. The van der Waals surface area contributed by atoms with Gasteiger partial charge in [0.1, 0.15) is 21.2 Å². The van der Waals surface area contributed by atoms with E-state index in [0.29, 0.717) is 37.0 Å². The maximum absolute atomic E-state index is 12.9. The van der Waals surface area contributed by atoms with Crippen molar-refractivity contribution in [3.63, 3.8) is 0 Å². The van der Waals surface area contributed by atoms with Gasteiger partial charge in [0, 0.05) is 24.1 Å². The zero-order chi connectivity index (χ0) is 26.3. The SMILES string of the molecule is CC.CCn1nc(C(=O)NCC2CCC(S(C)(=O)=O)CC2)c(Cl)c1-c1c[n+](O)ccc1OC(F)F. The third-order valence-electron chi connectivity index (χ3n) is 5.74. The number of sulfone groups is 1. The van der Waals surface area contributed by atoms with Crippen molar-refractivity contribution in [2.45, 2.75) is 64.9 Å². The van der Waals surface area contributed by atoms with Crippen LogP contribution in [0.25, 0.3) is 11.3 Å². The molecule has 1 aliphatic carbocycles. The number of carbonyl (C=O) groups excluding carboxylic acids is 1. The second-order valence-corrected chi connectivity index (χ2v) is 10.7. The van der Waals surface area contributed by atoms with Crippen molar-refractivity contribution in [1.82, 2.24) is 15.1 Å². The minimum Gasteiger partial charge on any atom is -0.434 e. The molecule has 2 heterocycles. The molecule has 1 aliphatic rings. The number of rotatable bonds is 8. The summed E-state index contributed by atoms with van der Waals surface area (Å²) in [5, 5.41) is 16.4. The summed E-state index contributed by atoms with van der Waals surface area (Å²) in [5.41, 5.74) is 0.101. The number of pyridine rings is 1. The fraction of sp³-hybridized carbons (Fsp3) is 0.591. The number of halogens is 3. The smallest absolute Gasteiger partial charge is 0.387 e. The summed E-state index contributed by atoms with van der Waals surface area (Å²) in [6.45, 7) is 3.24. The van der Waals surface area contributed by atoms with Crippen LogP contribution in [0.15, 0.2) is 18.5 Å². The van der Waals surface area contributed by atoms with E-state index in [1.165, 1.54) is 10.9 Å². The number of alkyl halides is 2. The Morgan fingerprint density at radius 3 is 2.51 bits per heavy atom. The Morgan fingerprint density at radius 1 is 1.34 bits per heavy atom. The highest BCUT2D eigenvalue weighted by atomic mass is 35.5. The predicted molar refractivity (Wildman–Crippen MR) is 127 cm³/mol. The maximum atomic E-state index is 12.9. The zero-order valence-corrected chi connectivity index (χ0v) is 21.7. The highest BCUT2D eigenvalue weighted by Gasteiger charge is 2.30. The molecule has 0 saturated heterocycles. The molecule has 1 saturated carbocycles. The minimum atomic E-state index is -3.10. The lowest BCUT2D eigenvalue weighted by Gasteiger charge is -2.27. The first-order chi connectivity index (χ1) is 16.5. The fourth-order valence-corrected chi connectivity index (χ4v) is 5.46. The Hall–Kier alpha value is -2.47. The van der Waals surface area contributed by atoms with E-state index < -0.39 is 22.4 Å². The Kier molecular flexibility index (Phi) is 10.3. The molecule has 0 spiro atoms. The van der Waals surface area contributed by atoms with E-state index in [4.69, 9.17) is 11.6 Å². The van der Waals surface area contributed by atoms with E-state index in [1.807, 2.05) is 13.8 Å². The lowest BCUT2D eigenvalue weighted by Crippen LogP contribution is -2.34. The summed E-state index contributed by atoms with van der Waals surface area (Å²) in [4.78, 5) is 12.8. The first-order valence-corrected chi connectivity index (χ1v) is 13.8. The molecule has 3 rings (SSSR count). The average molecular weight is 538 g/mol. The number of aromatic nitrogens is 3. The molecule has 0 bridgehead atoms. The molecule has 0 unspecified atom stereocenters. The van der Waals surface area contributed by atoms with Crippen molar-refractivity contribution in [2.75, 3.05) is 12.8 Å². The topological polar surface area (TPSA) is 114 Å². The van der Waals surface area contributed by atoms with Crippen LogP contribution in [0, 0.1) is 5.92 Å². The summed E-state index contributed by atoms with van der Waals surface area (Å²) < 4.78 is 55.7. The van der Waals surface area contributed by atoms with Gasteiger partial charge in [0.25, 0.3) is 5.91 Å². The second-order valence-electron chi connectivity index (χ2n) is 7.99. The van der Waals surface area contributed by atoms with Crippen molar-refractivity contribution in [1.29, 1.82) is 0 Å². The van der Waals surface area contributed by atoms with Gasteiger partial charge in [-0.25, -0.2) is 8.42 Å². The number of nitrogens with zero attached hydrogens (tertiary/aromatic N) is 3. The number of amides is 1. The van der Waals surface area contributed by atoms with Crippen molar-refractivity contribution >= 4 is 27.3 Å². The summed E-state index contributed by atoms with van der Waals surface area (Å²) in [7, 11) is -3.07. The van der Waals surface area contributed by atoms with Crippen molar-refractivity contribution < 1.29 is 36.7 Å². The lowest BCUT2D eigenvalue weighted by molar-refractivity contribution is -0.904. The lowest BCUT2D eigenvalue weighted by atomic mass is 9.89. The van der Waals surface area contributed by atoms with Gasteiger partial charge < -0.3 is 10.1 Å². The Morgan fingerprint density at radius 2 is 1.97 bits per heavy atom. The first-order valence-electron chi connectivity index (χ1n) is 11.4. The van der Waals surface area contributed by atoms with Gasteiger partial charge >= 0.3 is 6.61 Å². The molecule has 2 N–H and O–H groups in total. The van der Waals surface area contributed by atoms with Crippen LogP contribution in [-0.4, -0.2) is 54.0 Å². The normalized spacial score (nSPS) is 18.1. The minimum absolute atomic E-state index is 0.0396. The Balaban J connectivity index is 0.00000210. The number of nitrogens with one attached hydrogen (secondary N) is 1. The summed E-state index contributed by atoms with van der Waals surface area (Å²) in [5.74, 6) is -0.642. The number of hydrogen-bond donors (Lipinski definition) is 2. The van der Waals surface area contributed by atoms with Crippen LogP contribution in [0.3, 0.4) is 0 Å². The monoisotopic (exact) mass is 537 g/mol. The quantitative estimate of drug-likeness (QED) is 0.392. The molecule has 0 atom stereocenters. The molecule has 13 heteroatoms. The van der Waals surface area contributed by atoms with E-state index in [9.17, 15) is 27.2 Å². The first kappa shape index (κ1) is 28.8. The molecule has 1 fully saturated rings. The molecule has 1 amide bonds. The van der Waals surface area contributed by atoms with Crippen LogP contribution in [0.1, 0.15) is 56.9 Å². The van der Waals surface area contributed by atoms with Gasteiger partial charge in [0.05, 0.1) is 22.0 Å². The highest BCUT2D eigenvalue weighted by molar-refractivity contribution is 7.91. The van der Waals surface area contributed by atoms with Crippen molar-refractivity contribution in [3.05, 3.63) is 29.2 Å². The zero-order valence-electron chi connectivity index (χ0n) is 20.2. The van der Waals surface area contributed by atoms with Gasteiger partial charge in [0.2, 0.25) is 12.4 Å². The van der Waals surface area contributed by atoms with Gasteiger partial charge in [-0.2, -0.15) is 13.9 Å². The van der Waals surface area contributed by atoms with E-state index in [1.54, 1.807) is 6.92 Å². The van der Waals surface area contributed by atoms with Gasteiger partial charge in [-0.3, -0.25) is 14.7 Å². The van der Waals surface area contributed by atoms with Crippen LogP contribution >= 0.6 is 11.6 Å². The van der Waals surface area contributed by atoms with Crippen LogP contribution in [0.2, 0.25) is 5.02 Å². The van der Waals surface area contributed by atoms with Gasteiger partial charge in [-0.05, 0) is 38.5 Å². The maximum Gasteiger partial charge on any atom is 0.387 e. The molecular formula is C22H32ClF2N4O5S+. The molecular weight excluding hydrogens is 506 g/mol. The van der Waals surface area contributed by atoms with Crippen LogP contribution in [0.4, 0.5) is 8.78 Å². The number of aryl methyl sites for hydroxylation is 1. The molecule has 9 nitrogen and oxygen atoms in total. The van der Waals surface area contributed by atoms with E-state index in [2.05, 4.69) is 15.2 Å². The van der Waals surface area contributed by atoms with E-state index in [0.717, 1.165) is 18.5 Å². The molecule has 35 heavy (non-hydrogen) atoms. The summed E-state index contributed by atoms with van der Waals surface area (Å²) in [6.07, 6.45) is 5.95. The number of carbonyl (C=O) groups is 1. The molecule has 2 aromatic rings. The van der Waals surface area contributed by atoms with E-state index >= 15 is 0 Å². The van der Waals surface area contributed by atoms with Crippen LogP contribution in [-0.2, 0) is 16.4 Å². The largest absolute Gasteiger partial charge is 0.434 e. The third-order valence-corrected chi connectivity index (χ3v) is 7.78. The van der Waals surface area contributed by atoms with Gasteiger partial charge in [0.15, 0.2) is 5.69 Å². The van der Waals surface area contributed by atoms with Crippen LogP contribution < -0.4 is 14.8 Å². The second kappa shape index (κ2) is 12.5. The van der Waals surface area contributed by atoms with Crippen LogP contribution in [0.5, 0.6) is 5.75 Å². The molecule has 196 valence electrons. The molecule has 0 aliphatic heterocycles. The molecule has 2 aromatic heterocycles. The molecule has 0 radical (unpaired) electrons. The van der Waals surface area contributed by atoms with E-state index in [-0.39, 0.29) is 45.4 Å². The third kappa shape index (κ3) is 7.26. The fourth-order valence-electron chi connectivity index (χ4n) is 4.01. The van der Waals surface area contributed by atoms with Gasteiger partial charge in [-0.15, -0.1) is 0 Å². The predicted octanol–water partition coefficient (Wildman–Crippen LogP) is 3.71. The van der Waals surface area contributed by atoms with Crippen molar-refractivity contribution in [2.24, 2.45) is 5.92 Å². The molecule has 0 aromatic carbocycles. The number of hydrogen-bond acceptors (Lipinski definition) is 6. The van der Waals surface area contributed by atoms with Gasteiger partial charge in [-0.1, -0.05) is 25.4 Å². The average Bonchev–Trinajstić information content (AvgIpc) is 3.15.